The molecule has 5 nitrogen and oxygen atoms in total. The lowest BCUT2D eigenvalue weighted by Gasteiger charge is -2.21. The van der Waals surface area contributed by atoms with Gasteiger partial charge in [-0.25, -0.2) is 0 Å². The zero-order valence-electron chi connectivity index (χ0n) is 10.3. The number of carbonyl (C=O) groups is 1. The van der Waals surface area contributed by atoms with Crippen LogP contribution in [0, 0.1) is 12.3 Å². The standard InChI is InChI=1S/C12H18N2O3/c1-8-4-10(16)9(5-13-8)11(17)14-6-12(2,3)7-15/h4-5,15H,6-7H2,1-3H3,(H,13,16)(H,14,17). The lowest BCUT2D eigenvalue weighted by molar-refractivity contribution is 0.0909. The maximum Gasteiger partial charge on any atom is 0.256 e. The first-order chi connectivity index (χ1) is 7.85. The van der Waals surface area contributed by atoms with Gasteiger partial charge in [0.2, 0.25) is 0 Å². The number of aryl methyl sites for hydroxylation is 1. The van der Waals surface area contributed by atoms with Gasteiger partial charge >= 0.3 is 0 Å². The first-order valence-corrected chi connectivity index (χ1v) is 5.44. The third-order valence-electron chi connectivity index (χ3n) is 2.46. The molecule has 0 saturated carbocycles. The summed E-state index contributed by atoms with van der Waals surface area (Å²) >= 11 is 0. The molecule has 0 aliphatic carbocycles. The van der Waals surface area contributed by atoms with Gasteiger partial charge in [-0.15, -0.1) is 0 Å². The van der Waals surface area contributed by atoms with E-state index in [2.05, 4.69) is 10.3 Å². The SMILES string of the molecule is Cc1cc(=O)c(C(=O)NCC(C)(C)CO)c[nH]1. The molecule has 0 aromatic carbocycles. The van der Waals surface area contributed by atoms with Crippen molar-refractivity contribution < 1.29 is 9.90 Å². The predicted molar refractivity (Wildman–Crippen MR) is 65.0 cm³/mol. The number of aromatic amines is 1. The van der Waals surface area contributed by atoms with Crippen LogP contribution in [0.2, 0.25) is 0 Å². The quantitative estimate of drug-likeness (QED) is 0.711. The molecule has 0 aliphatic heterocycles. The Balaban J connectivity index is 2.74. The smallest absolute Gasteiger partial charge is 0.256 e. The van der Waals surface area contributed by atoms with E-state index in [0.29, 0.717) is 12.2 Å². The van der Waals surface area contributed by atoms with Gasteiger partial charge in [-0.3, -0.25) is 9.59 Å². The number of aliphatic hydroxyl groups is 1. The number of aliphatic hydroxyl groups excluding tert-OH is 1. The average Bonchev–Trinajstić information content (AvgIpc) is 2.26. The second-order valence-corrected chi connectivity index (χ2v) is 4.90. The normalized spacial score (nSPS) is 11.3. The monoisotopic (exact) mass is 238 g/mol. The van der Waals surface area contributed by atoms with Crippen LogP contribution >= 0.6 is 0 Å². The van der Waals surface area contributed by atoms with Gasteiger partial charge in [-0.2, -0.15) is 0 Å². The van der Waals surface area contributed by atoms with Crippen molar-refractivity contribution in [3.8, 4) is 0 Å². The molecule has 0 fully saturated rings. The van der Waals surface area contributed by atoms with Gasteiger partial charge in [0, 0.05) is 36.5 Å². The number of rotatable bonds is 4. The van der Waals surface area contributed by atoms with Gasteiger partial charge in [0.25, 0.3) is 5.91 Å². The van der Waals surface area contributed by atoms with Crippen LogP contribution in [0.5, 0.6) is 0 Å². The topological polar surface area (TPSA) is 82.2 Å². The summed E-state index contributed by atoms with van der Waals surface area (Å²) in [6, 6.07) is 1.38. The highest BCUT2D eigenvalue weighted by atomic mass is 16.3. The Morgan fingerprint density at radius 1 is 1.53 bits per heavy atom. The van der Waals surface area contributed by atoms with Crippen LogP contribution in [0.25, 0.3) is 0 Å². The fourth-order valence-electron chi connectivity index (χ4n) is 1.22. The highest BCUT2D eigenvalue weighted by Gasteiger charge is 2.18. The van der Waals surface area contributed by atoms with Crippen molar-refractivity contribution >= 4 is 5.91 Å². The van der Waals surface area contributed by atoms with Crippen molar-refractivity contribution in [3.63, 3.8) is 0 Å². The van der Waals surface area contributed by atoms with Crippen LogP contribution in [-0.4, -0.2) is 29.1 Å². The molecule has 0 unspecified atom stereocenters. The zero-order valence-corrected chi connectivity index (χ0v) is 10.3. The highest BCUT2D eigenvalue weighted by molar-refractivity contribution is 5.93. The molecule has 0 aliphatic rings. The van der Waals surface area contributed by atoms with Crippen molar-refractivity contribution in [2.24, 2.45) is 5.41 Å². The Kier molecular flexibility index (Phi) is 4.07. The summed E-state index contributed by atoms with van der Waals surface area (Å²) < 4.78 is 0. The molecule has 3 N–H and O–H groups in total. The van der Waals surface area contributed by atoms with E-state index in [1.807, 2.05) is 13.8 Å². The van der Waals surface area contributed by atoms with Gasteiger partial charge in [0.05, 0.1) is 0 Å². The molecule has 0 spiro atoms. The summed E-state index contributed by atoms with van der Waals surface area (Å²) in [7, 11) is 0. The minimum Gasteiger partial charge on any atom is -0.396 e. The van der Waals surface area contributed by atoms with Crippen LogP contribution in [0.4, 0.5) is 0 Å². The number of H-pyrrole nitrogens is 1. The van der Waals surface area contributed by atoms with Crippen molar-refractivity contribution in [2.75, 3.05) is 13.2 Å². The van der Waals surface area contributed by atoms with Crippen LogP contribution in [0.15, 0.2) is 17.1 Å². The summed E-state index contributed by atoms with van der Waals surface area (Å²) in [5, 5.41) is 11.7. The predicted octanol–water partition coefficient (Wildman–Crippen LogP) is 0.432. The molecule has 5 heteroatoms. The molecule has 1 aromatic rings. The third kappa shape index (κ3) is 3.71. The fourth-order valence-corrected chi connectivity index (χ4v) is 1.22. The maximum absolute atomic E-state index is 11.7. The number of hydrogen-bond acceptors (Lipinski definition) is 3. The van der Waals surface area contributed by atoms with Gasteiger partial charge in [0.15, 0.2) is 5.43 Å². The van der Waals surface area contributed by atoms with Gasteiger partial charge < -0.3 is 15.4 Å². The first kappa shape index (κ1) is 13.4. The molecule has 1 aromatic heterocycles. The van der Waals surface area contributed by atoms with E-state index in [1.165, 1.54) is 12.3 Å². The van der Waals surface area contributed by atoms with Crippen molar-refractivity contribution in [1.29, 1.82) is 0 Å². The fraction of sp³-hybridized carbons (Fsp3) is 0.500. The van der Waals surface area contributed by atoms with Gasteiger partial charge in [-0.1, -0.05) is 13.8 Å². The molecule has 0 atom stereocenters. The highest BCUT2D eigenvalue weighted by Crippen LogP contribution is 2.11. The summed E-state index contributed by atoms with van der Waals surface area (Å²) in [5.41, 5.74) is 0.0970. The van der Waals surface area contributed by atoms with Crippen molar-refractivity contribution in [1.82, 2.24) is 10.3 Å². The van der Waals surface area contributed by atoms with E-state index in [-0.39, 0.29) is 17.6 Å². The summed E-state index contributed by atoms with van der Waals surface area (Å²) in [6.07, 6.45) is 1.40. The van der Waals surface area contributed by atoms with Crippen LogP contribution < -0.4 is 10.7 Å². The Bertz CT molecular complexity index is 463. The molecular formula is C12H18N2O3. The van der Waals surface area contributed by atoms with E-state index >= 15 is 0 Å². The summed E-state index contributed by atoms with van der Waals surface area (Å²) in [5.74, 6) is -0.423. The van der Waals surface area contributed by atoms with E-state index in [9.17, 15) is 9.59 Å². The van der Waals surface area contributed by atoms with Crippen molar-refractivity contribution in [2.45, 2.75) is 20.8 Å². The Morgan fingerprint density at radius 3 is 2.71 bits per heavy atom. The van der Waals surface area contributed by atoms with Crippen LogP contribution in [0.3, 0.4) is 0 Å². The molecule has 94 valence electrons. The minimum absolute atomic E-state index is 0.0302. The number of carbonyl (C=O) groups excluding carboxylic acids is 1. The Hall–Kier alpha value is -1.62. The van der Waals surface area contributed by atoms with Gasteiger partial charge in [-0.05, 0) is 6.92 Å². The molecule has 0 saturated heterocycles. The molecule has 0 radical (unpaired) electrons. The van der Waals surface area contributed by atoms with E-state index in [1.54, 1.807) is 6.92 Å². The third-order valence-corrected chi connectivity index (χ3v) is 2.46. The number of pyridine rings is 1. The zero-order chi connectivity index (χ0) is 13.1. The number of amides is 1. The van der Waals surface area contributed by atoms with Crippen LogP contribution in [-0.2, 0) is 0 Å². The largest absolute Gasteiger partial charge is 0.396 e. The molecule has 1 heterocycles. The molecular weight excluding hydrogens is 220 g/mol. The minimum atomic E-state index is -0.423. The lowest BCUT2D eigenvalue weighted by Crippen LogP contribution is -2.37. The molecule has 1 amide bonds. The van der Waals surface area contributed by atoms with Crippen molar-refractivity contribution in [3.05, 3.63) is 33.7 Å². The second kappa shape index (κ2) is 5.14. The first-order valence-electron chi connectivity index (χ1n) is 5.44. The molecule has 1 rings (SSSR count). The number of aromatic nitrogens is 1. The summed E-state index contributed by atoms with van der Waals surface area (Å²) in [4.78, 5) is 26.1. The molecule has 0 bridgehead atoms. The lowest BCUT2D eigenvalue weighted by atomic mass is 9.95. The number of hydrogen-bond donors (Lipinski definition) is 3. The van der Waals surface area contributed by atoms with Crippen LogP contribution in [0.1, 0.15) is 29.9 Å². The Labute approximate surface area is 99.9 Å². The van der Waals surface area contributed by atoms with E-state index < -0.39 is 11.3 Å². The van der Waals surface area contributed by atoms with E-state index in [4.69, 9.17) is 5.11 Å². The van der Waals surface area contributed by atoms with Gasteiger partial charge in [0.1, 0.15) is 5.56 Å². The summed E-state index contributed by atoms with van der Waals surface area (Å²) in [6.45, 7) is 5.68. The number of nitrogens with one attached hydrogen (secondary N) is 2. The second-order valence-electron chi connectivity index (χ2n) is 4.90. The Morgan fingerprint density at radius 2 is 2.18 bits per heavy atom. The average molecular weight is 238 g/mol. The molecule has 17 heavy (non-hydrogen) atoms. The van der Waals surface area contributed by atoms with E-state index in [0.717, 1.165) is 0 Å². The maximum atomic E-state index is 11.7.